The van der Waals surface area contributed by atoms with Crippen molar-refractivity contribution < 1.29 is 4.39 Å². The maximum atomic E-state index is 13.8. The third-order valence-corrected chi connectivity index (χ3v) is 3.34. The second-order valence-electron chi connectivity index (χ2n) is 5.00. The molecular formula is C16H22FN3. The van der Waals surface area contributed by atoms with Crippen molar-refractivity contribution in [3.05, 3.63) is 41.5 Å². The van der Waals surface area contributed by atoms with Crippen molar-refractivity contribution >= 4 is 0 Å². The molecule has 2 rings (SSSR count). The second-order valence-corrected chi connectivity index (χ2v) is 5.00. The summed E-state index contributed by atoms with van der Waals surface area (Å²) in [6.07, 6.45) is 3.91. The lowest BCUT2D eigenvalue weighted by Gasteiger charge is -2.08. The van der Waals surface area contributed by atoms with Gasteiger partial charge in [-0.15, -0.1) is 0 Å². The van der Waals surface area contributed by atoms with Crippen molar-refractivity contribution in [1.82, 2.24) is 15.1 Å². The van der Waals surface area contributed by atoms with Crippen LogP contribution in [0.2, 0.25) is 0 Å². The molecule has 20 heavy (non-hydrogen) atoms. The van der Waals surface area contributed by atoms with Crippen LogP contribution in [-0.2, 0) is 20.0 Å². The predicted molar refractivity (Wildman–Crippen MR) is 80.0 cm³/mol. The molecule has 0 spiro atoms. The molecule has 1 heterocycles. The van der Waals surface area contributed by atoms with E-state index in [9.17, 15) is 4.39 Å². The Labute approximate surface area is 119 Å². The molecule has 1 aromatic carbocycles. The molecule has 0 unspecified atom stereocenters. The largest absolute Gasteiger partial charge is 0.313 e. The molecule has 0 amide bonds. The van der Waals surface area contributed by atoms with Crippen LogP contribution < -0.4 is 5.32 Å². The van der Waals surface area contributed by atoms with E-state index in [2.05, 4.69) is 24.3 Å². The number of nitrogens with one attached hydrogen (secondary N) is 1. The van der Waals surface area contributed by atoms with E-state index in [0.717, 1.165) is 36.2 Å². The van der Waals surface area contributed by atoms with E-state index in [1.807, 2.05) is 30.1 Å². The number of nitrogens with zero attached hydrogens (tertiary/aromatic N) is 2. The van der Waals surface area contributed by atoms with Crippen LogP contribution in [0.1, 0.15) is 31.5 Å². The minimum atomic E-state index is -0.153. The summed E-state index contributed by atoms with van der Waals surface area (Å²) in [5.41, 5.74) is 3.88. The number of halogens is 1. The molecule has 3 nitrogen and oxygen atoms in total. The Hall–Kier alpha value is -1.68. The van der Waals surface area contributed by atoms with Crippen LogP contribution in [0.15, 0.2) is 24.4 Å². The van der Waals surface area contributed by atoms with Gasteiger partial charge in [0, 0.05) is 30.9 Å². The lowest BCUT2D eigenvalue weighted by Crippen LogP contribution is -2.14. The van der Waals surface area contributed by atoms with E-state index in [-0.39, 0.29) is 5.82 Å². The van der Waals surface area contributed by atoms with E-state index in [1.54, 1.807) is 6.07 Å². The molecule has 0 aliphatic rings. The number of hydrogen-bond donors (Lipinski definition) is 1. The summed E-state index contributed by atoms with van der Waals surface area (Å²) in [7, 11) is 1.91. The minimum absolute atomic E-state index is 0.153. The zero-order valence-corrected chi connectivity index (χ0v) is 12.4. The summed E-state index contributed by atoms with van der Waals surface area (Å²) in [4.78, 5) is 0. The molecule has 1 N–H and O–H groups in total. The van der Waals surface area contributed by atoms with Crippen molar-refractivity contribution in [2.24, 2.45) is 7.05 Å². The molecule has 0 atom stereocenters. The van der Waals surface area contributed by atoms with Crippen LogP contribution in [0.3, 0.4) is 0 Å². The van der Waals surface area contributed by atoms with Gasteiger partial charge < -0.3 is 5.32 Å². The van der Waals surface area contributed by atoms with E-state index < -0.39 is 0 Å². The average Bonchev–Trinajstić information content (AvgIpc) is 2.82. The molecule has 108 valence electrons. The fourth-order valence-electron chi connectivity index (χ4n) is 2.31. The molecule has 0 aliphatic carbocycles. The van der Waals surface area contributed by atoms with Crippen molar-refractivity contribution in [3.8, 4) is 11.1 Å². The average molecular weight is 275 g/mol. The quantitative estimate of drug-likeness (QED) is 0.820. The van der Waals surface area contributed by atoms with Crippen LogP contribution >= 0.6 is 0 Å². The molecule has 4 heteroatoms. The summed E-state index contributed by atoms with van der Waals surface area (Å²) in [6, 6.07) is 5.30. The van der Waals surface area contributed by atoms with Crippen molar-refractivity contribution in [3.63, 3.8) is 0 Å². The van der Waals surface area contributed by atoms with Crippen molar-refractivity contribution in [1.29, 1.82) is 0 Å². The highest BCUT2D eigenvalue weighted by Crippen LogP contribution is 2.25. The van der Waals surface area contributed by atoms with Gasteiger partial charge in [-0.1, -0.05) is 19.9 Å². The second kappa shape index (κ2) is 6.66. The van der Waals surface area contributed by atoms with Crippen molar-refractivity contribution in [2.75, 3.05) is 6.54 Å². The Kier molecular flexibility index (Phi) is 4.90. The molecule has 0 saturated carbocycles. The standard InChI is InChI=1S/C16H22FN3/c1-4-8-18-10-13-9-12(6-7-15(13)17)14-11-20(3)19-16(14)5-2/h6-7,9,11,18H,4-5,8,10H2,1-3H3. The number of aryl methyl sites for hydroxylation is 2. The first-order valence-electron chi connectivity index (χ1n) is 7.17. The first-order valence-corrected chi connectivity index (χ1v) is 7.17. The minimum Gasteiger partial charge on any atom is -0.313 e. The summed E-state index contributed by atoms with van der Waals surface area (Å²) >= 11 is 0. The van der Waals surface area contributed by atoms with Gasteiger partial charge in [0.15, 0.2) is 0 Å². The predicted octanol–water partition coefficient (Wildman–Crippen LogP) is 3.29. The van der Waals surface area contributed by atoms with Crippen LogP contribution in [0.25, 0.3) is 11.1 Å². The van der Waals surface area contributed by atoms with Gasteiger partial charge >= 0.3 is 0 Å². The number of hydrogen-bond acceptors (Lipinski definition) is 2. The first-order chi connectivity index (χ1) is 9.65. The number of benzene rings is 1. The molecule has 0 saturated heterocycles. The molecule has 0 fully saturated rings. The summed E-state index contributed by atoms with van der Waals surface area (Å²) in [6.45, 7) is 5.65. The van der Waals surface area contributed by atoms with Gasteiger partial charge in [0.05, 0.1) is 5.69 Å². The third kappa shape index (κ3) is 3.25. The van der Waals surface area contributed by atoms with Gasteiger partial charge in [-0.25, -0.2) is 4.39 Å². The van der Waals surface area contributed by atoms with E-state index in [4.69, 9.17) is 0 Å². The van der Waals surface area contributed by atoms with Gasteiger partial charge in [0.1, 0.15) is 5.82 Å². The first kappa shape index (κ1) is 14.7. The molecule has 1 aromatic heterocycles. The van der Waals surface area contributed by atoms with Crippen LogP contribution in [0.4, 0.5) is 4.39 Å². The zero-order chi connectivity index (χ0) is 14.5. The van der Waals surface area contributed by atoms with Crippen LogP contribution in [0, 0.1) is 5.82 Å². The Morgan fingerprint density at radius 1 is 1.30 bits per heavy atom. The highest BCUT2D eigenvalue weighted by atomic mass is 19.1. The Balaban J connectivity index is 2.30. The smallest absolute Gasteiger partial charge is 0.127 e. The molecular weight excluding hydrogens is 253 g/mol. The van der Waals surface area contributed by atoms with E-state index in [1.165, 1.54) is 0 Å². The molecule has 2 aromatic rings. The maximum Gasteiger partial charge on any atom is 0.127 e. The topological polar surface area (TPSA) is 29.9 Å². The molecule has 0 aliphatic heterocycles. The lowest BCUT2D eigenvalue weighted by molar-refractivity contribution is 0.587. The third-order valence-electron chi connectivity index (χ3n) is 3.34. The summed E-state index contributed by atoms with van der Waals surface area (Å²) in [5, 5.41) is 7.68. The Bertz CT molecular complexity index is 575. The highest BCUT2D eigenvalue weighted by molar-refractivity contribution is 5.66. The van der Waals surface area contributed by atoms with Crippen LogP contribution in [0.5, 0.6) is 0 Å². The fourth-order valence-corrected chi connectivity index (χ4v) is 2.31. The van der Waals surface area contributed by atoms with Gasteiger partial charge in [0.25, 0.3) is 0 Å². The van der Waals surface area contributed by atoms with E-state index >= 15 is 0 Å². The SMILES string of the molecule is CCCNCc1cc(-c2cn(C)nc2CC)ccc1F. The zero-order valence-electron chi connectivity index (χ0n) is 12.4. The van der Waals surface area contributed by atoms with E-state index in [0.29, 0.717) is 12.1 Å². The van der Waals surface area contributed by atoms with Gasteiger partial charge in [-0.05, 0) is 37.1 Å². The molecule has 0 radical (unpaired) electrons. The normalized spacial score (nSPS) is 11.0. The lowest BCUT2D eigenvalue weighted by atomic mass is 10.0. The maximum absolute atomic E-state index is 13.8. The van der Waals surface area contributed by atoms with Gasteiger partial charge in [0.2, 0.25) is 0 Å². The summed E-state index contributed by atoms with van der Waals surface area (Å²) < 4.78 is 15.7. The van der Waals surface area contributed by atoms with Gasteiger partial charge in [-0.3, -0.25) is 4.68 Å². The molecule has 0 bridgehead atoms. The van der Waals surface area contributed by atoms with Gasteiger partial charge in [-0.2, -0.15) is 5.10 Å². The van der Waals surface area contributed by atoms with Crippen molar-refractivity contribution in [2.45, 2.75) is 33.2 Å². The van der Waals surface area contributed by atoms with Crippen LogP contribution in [-0.4, -0.2) is 16.3 Å². The number of aromatic nitrogens is 2. The monoisotopic (exact) mass is 275 g/mol. The number of rotatable bonds is 6. The Morgan fingerprint density at radius 3 is 2.80 bits per heavy atom. The summed E-state index contributed by atoms with van der Waals surface area (Å²) in [5.74, 6) is -0.153. The fraction of sp³-hybridized carbons (Fsp3) is 0.438. The highest BCUT2D eigenvalue weighted by Gasteiger charge is 2.11. The Morgan fingerprint density at radius 2 is 2.10 bits per heavy atom.